The van der Waals surface area contributed by atoms with Gasteiger partial charge in [0.1, 0.15) is 21.0 Å². The van der Waals surface area contributed by atoms with Crippen molar-refractivity contribution in [2.75, 3.05) is 0 Å². The van der Waals surface area contributed by atoms with Gasteiger partial charge in [-0.3, -0.25) is 4.46 Å². The van der Waals surface area contributed by atoms with E-state index >= 15 is 0 Å². The molecule has 0 aliphatic carbocycles. The van der Waals surface area contributed by atoms with E-state index in [0.29, 0.717) is 0 Å². The van der Waals surface area contributed by atoms with Crippen molar-refractivity contribution in [2.45, 2.75) is 0 Å². The van der Waals surface area contributed by atoms with E-state index in [0.717, 1.165) is 21.0 Å². The molecule has 0 spiro atoms. The lowest BCUT2D eigenvalue weighted by Gasteiger charge is -1.62. The predicted molar refractivity (Wildman–Crippen MR) is 31.8 cm³/mol. The summed E-state index contributed by atoms with van der Waals surface area (Å²) in [5.41, 5.74) is 0. The summed E-state index contributed by atoms with van der Waals surface area (Å²) in [6.45, 7) is 0. The lowest BCUT2D eigenvalue weighted by Crippen LogP contribution is -1.90. The van der Waals surface area contributed by atoms with Crippen LogP contribution in [0.4, 0.5) is 0 Å². The van der Waals surface area contributed by atoms with Crippen molar-refractivity contribution in [3.8, 4) is 0 Å². The minimum absolute atomic E-state index is 0.931. The quantitative estimate of drug-likeness (QED) is 0.350. The van der Waals surface area contributed by atoms with Gasteiger partial charge in [0, 0.05) is 0 Å². The van der Waals surface area contributed by atoms with Crippen molar-refractivity contribution in [1.29, 1.82) is 0 Å². The van der Waals surface area contributed by atoms with Crippen LogP contribution in [0.5, 0.6) is 0 Å². The molecule has 0 unspecified atom stereocenters. The van der Waals surface area contributed by atoms with Crippen LogP contribution >= 0.6 is 0 Å². The topological polar surface area (TPSA) is 66.8 Å². The second-order valence-corrected chi connectivity index (χ2v) is 4.52. The fraction of sp³-hybridized carbons (Fsp3) is 0. The van der Waals surface area contributed by atoms with Crippen LogP contribution in [0.15, 0.2) is 0 Å². The van der Waals surface area contributed by atoms with E-state index in [1.54, 1.807) is 0 Å². The van der Waals surface area contributed by atoms with Gasteiger partial charge in [-0.2, -0.15) is 0 Å². The van der Waals surface area contributed by atoms with Crippen LogP contribution in [-0.2, 0) is 8.58 Å². The van der Waals surface area contributed by atoms with Crippen molar-refractivity contribution in [3.63, 3.8) is 0 Å². The standard InChI is InChI=1S/H2O3Si.H6OSi2/c1-4(2)3;2-1-3/h1-2H;2-3H3. The summed E-state index contributed by atoms with van der Waals surface area (Å²) in [5.74, 6) is 0. The highest BCUT2D eigenvalue weighted by Gasteiger charge is 1.85. The van der Waals surface area contributed by atoms with E-state index in [1.165, 1.54) is 0 Å². The number of hydrogen-bond acceptors (Lipinski definition) is 2. The summed E-state index contributed by atoms with van der Waals surface area (Å²) < 4.78 is 13.3. The van der Waals surface area contributed by atoms with Gasteiger partial charge >= 0.3 is 9.17 Å². The molecule has 0 aromatic rings. The van der Waals surface area contributed by atoms with Crippen molar-refractivity contribution >= 4 is 30.1 Å². The Kier molecular flexibility index (Phi) is 13.5. The van der Waals surface area contributed by atoms with Gasteiger partial charge in [-0.05, 0) is 0 Å². The molecule has 0 saturated heterocycles. The molecule has 0 bridgehead atoms. The number of rotatable bonds is 0. The van der Waals surface area contributed by atoms with E-state index in [9.17, 15) is 0 Å². The van der Waals surface area contributed by atoms with Crippen molar-refractivity contribution in [1.82, 2.24) is 0 Å². The molecule has 0 amide bonds. The molecule has 0 atom stereocenters. The first-order valence-electron chi connectivity index (χ1n) is 1.47. The maximum Gasteiger partial charge on any atom is 0.761 e. The SMILES string of the molecule is O=[Si](O)O.[SiH3]O[SiH3]. The fourth-order valence-corrected chi connectivity index (χ4v) is 0. The first-order chi connectivity index (χ1) is 3.15. The van der Waals surface area contributed by atoms with Crippen molar-refractivity contribution < 1.29 is 18.2 Å². The molecular weight excluding hydrogens is 148 g/mol. The molecule has 0 rings (SSSR count). The van der Waals surface area contributed by atoms with Crippen LogP contribution in [0.25, 0.3) is 0 Å². The molecule has 0 aromatic carbocycles. The highest BCUT2D eigenvalue weighted by Crippen LogP contribution is 1.27. The molecule has 7 heavy (non-hydrogen) atoms. The average Bonchev–Trinajstić information content (AvgIpc) is 1.33. The molecule has 7 heteroatoms. The van der Waals surface area contributed by atoms with Crippen molar-refractivity contribution in [3.05, 3.63) is 0 Å². The smallest absolute Gasteiger partial charge is 0.511 e. The zero-order chi connectivity index (χ0) is 6.28. The van der Waals surface area contributed by atoms with E-state index in [1.807, 2.05) is 0 Å². The van der Waals surface area contributed by atoms with Crippen LogP contribution in [0.1, 0.15) is 0 Å². The van der Waals surface area contributed by atoms with Gasteiger partial charge in [-0.15, -0.1) is 0 Å². The van der Waals surface area contributed by atoms with Crippen LogP contribution in [-0.4, -0.2) is 39.7 Å². The van der Waals surface area contributed by atoms with Gasteiger partial charge in [0.15, 0.2) is 0 Å². The third kappa shape index (κ3) is 853000. The Hall–Kier alpha value is 0.0106. The maximum absolute atomic E-state index is 8.74. The molecule has 0 fully saturated rings. The molecule has 4 nitrogen and oxygen atoms in total. The van der Waals surface area contributed by atoms with E-state index in [2.05, 4.69) is 4.12 Å². The van der Waals surface area contributed by atoms with E-state index in [-0.39, 0.29) is 0 Å². The molecule has 0 radical (unpaired) electrons. The van der Waals surface area contributed by atoms with Crippen LogP contribution in [0.2, 0.25) is 0 Å². The summed E-state index contributed by atoms with van der Waals surface area (Å²) in [6, 6.07) is 0. The summed E-state index contributed by atoms with van der Waals surface area (Å²) in [6.07, 6.45) is 0. The minimum Gasteiger partial charge on any atom is -0.511 e. The second-order valence-electron chi connectivity index (χ2n) is 0.691. The highest BCUT2D eigenvalue weighted by molar-refractivity contribution is 6.22. The van der Waals surface area contributed by atoms with E-state index in [4.69, 9.17) is 14.1 Å². The van der Waals surface area contributed by atoms with Crippen molar-refractivity contribution in [2.24, 2.45) is 0 Å². The minimum atomic E-state index is -3.13. The van der Waals surface area contributed by atoms with Gasteiger partial charge in [-0.1, -0.05) is 0 Å². The Bertz CT molecular complexity index is 38.2. The first kappa shape index (κ1) is 10.1. The summed E-state index contributed by atoms with van der Waals surface area (Å²) in [7, 11) is -1.27. The largest absolute Gasteiger partial charge is 0.761 e. The number of hydrogen-bond donors (Lipinski definition) is 2. The lowest BCUT2D eigenvalue weighted by atomic mass is 15.8. The molecule has 0 aliphatic heterocycles. The Morgan fingerprint density at radius 2 is 1.43 bits per heavy atom. The zero-order valence-corrected chi connectivity index (χ0v) is 9.21. The van der Waals surface area contributed by atoms with Gasteiger partial charge in [0.05, 0.1) is 0 Å². The molecule has 0 saturated carbocycles. The summed E-state index contributed by atoms with van der Waals surface area (Å²) in [4.78, 5) is 14.3. The maximum atomic E-state index is 8.74. The van der Waals surface area contributed by atoms with Gasteiger partial charge in [-0.25, -0.2) is 0 Å². The molecule has 2 N–H and O–H groups in total. The Morgan fingerprint density at radius 1 is 1.43 bits per heavy atom. The molecule has 0 aliphatic rings. The first-order valence-corrected chi connectivity index (χ1v) is 4.40. The Morgan fingerprint density at radius 3 is 1.43 bits per heavy atom. The van der Waals surface area contributed by atoms with E-state index < -0.39 is 9.17 Å². The molecule has 44 valence electrons. The van der Waals surface area contributed by atoms with Crippen LogP contribution < -0.4 is 0 Å². The molecule has 0 heterocycles. The Balaban J connectivity index is 0. The van der Waals surface area contributed by atoms with Crippen LogP contribution in [0, 0.1) is 0 Å². The molecule has 0 aromatic heterocycles. The monoisotopic (exact) mass is 156 g/mol. The second kappa shape index (κ2) is 9.38. The third-order valence-electron chi connectivity index (χ3n) is 0. The fourth-order valence-electron chi connectivity index (χ4n) is 0. The van der Waals surface area contributed by atoms with Gasteiger partial charge < -0.3 is 13.7 Å². The molecular formula is H8O4Si3. The predicted octanol–water partition coefficient (Wildman–Crippen LogP) is -4.05. The highest BCUT2D eigenvalue weighted by atomic mass is 28.3. The lowest BCUT2D eigenvalue weighted by molar-refractivity contribution is 0.330. The Labute approximate surface area is 49.1 Å². The van der Waals surface area contributed by atoms with Gasteiger partial charge in [0.2, 0.25) is 0 Å². The summed E-state index contributed by atoms with van der Waals surface area (Å²) in [5, 5.41) is 0. The van der Waals surface area contributed by atoms with Gasteiger partial charge in [0.25, 0.3) is 0 Å². The average molecular weight is 156 g/mol. The summed E-state index contributed by atoms with van der Waals surface area (Å²) >= 11 is 0. The zero-order valence-electron chi connectivity index (χ0n) is 4.21. The third-order valence-corrected chi connectivity index (χ3v) is 0. The van der Waals surface area contributed by atoms with Crippen LogP contribution in [0.3, 0.4) is 0 Å². The normalized spacial score (nSPS) is 6.86.